The molecule has 106 valence electrons. The fourth-order valence-electron chi connectivity index (χ4n) is 1.77. The average molecular weight is 326 g/mol. The first-order valence-corrected chi connectivity index (χ1v) is 7.42. The van der Waals surface area contributed by atoms with E-state index in [1.165, 1.54) is 5.56 Å². The number of nitrogens with zero attached hydrogens (tertiary/aromatic N) is 2. The molecule has 0 fully saturated rings. The number of likely N-dealkylation sites (N-methyl/N-ethyl adjacent to an activating group) is 1. The molecule has 0 saturated carbocycles. The Balaban J connectivity index is 2.99. The summed E-state index contributed by atoms with van der Waals surface area (Å²) in [6.45, 7) is 15.0. The Bertz CT molecular complexity index is 424. The predicted molar refractivity (Wildman–Crippen MR) is 86.6 cm³/mol. The summed E-state index contributed by atoms with van der Waals surface area (Å²) in [7, 11) is 0. The normalized spacial score (nSPS) is 11.4. The third-order valence-electron chi connectivity index (χ3n) is 2.75. The van der Waals surface area contributed by atoms with Crippen molar-refractivity contribution in [1.82, 2.24) is 10.3 Å². The van der Waals surface area contributed by atoms with E-state index < -0.39 is 0 Å². The van der Waals surface area contributed by atoms with Crippen molar-refractivity contribution >= 4 is 21.7 Å². The number of nitrogens with one attached hydrogen (secondary N) is 1. The topological polar surface area (TPSA) is 28.2 Å². The Kier molecular flexibility index (Phi) is 6.01. The molecule has 1 N–H and O–H groups in total. The maximum Gasteiger partial charge on any atom is 0.133 e. The first-order valence-electron chi connectivity index (χ1n) is 6.62. The summed E-state index contributed by atoms with van der Waals surface area (Å²) in [6.07, 6.45) is 3.76. The van der Waals surface area contributed by atoms with Crippen LogP contribution in [0.5, 0.6) is 0 Å². The first kappa shape index (κ1) is 16.2. The zero-order chi connectivity index (χ0) is 14.5. The Hall–Kier alpha value is -0.870. The highest BCUT2D eigenvalue weighted by Crippen LogP contribution is 2.22. The number of halogens is 1. The minimum Gasteiger partial charge on any atom is -0.353 e. The van der Waals surface area contributed by atoms with Crippen LogP contribution in [0, 0.1) is 0 Å². The molecule has 0 aliphatic carbocycles. The van der Waals surface area contributed by atoms with Crippen molar-refractivity contribution < 1.29 is 0 Å². The summed E-state index contributed by atoms with van der Waals surface area (Å²) in [5, 5.41) is 3.51. The van der Waals surface area contributed by atoms with Gasteiger partial charge in [-0.15, -0.1) is 6.58 Å². The van der Waals surface area contributed by atoms with E-state index in [-0.39, 0.29) is 5.54 Å². The smallest absolute Gasteiger partial charge is 0.133 e. The molecule has 0 bridgehead atoms. The van der Waals surface area contributed by atoms with E-state index in [0.29, 0.717) is 0 Å². The molecular formula is C15H24BrN3. The maximum atomic E-state index is 4.56. The predicted octanol–water partition coefficient (Wildman–Crippen LogP) is 3.74. The van der Waals surface area contributed by atoms with Crippen molar-refractivity contribution in [3.63, 3.8) is 0 Å². The Morgan fingerprint density at radius 3 is 2.68 bits per heavy atom. The highest BCUT2D eigenvalue weighted by molar-refractivity contribution is 9.10. The van der Waals surface area contributed by atoms with Gasteiger partial charge in [-0.3, -0.25) is 0 Å². The molecule has 1 aromatic rings. The van der Waals surface area contributed by atoms with Gasteiger partial charge in [0.1, 0.15) is 5.82 Å². The van der Waals surface area contributed by atoms with E-state index in [0.717, 1.165) is 29.9 Å². The van der Waals surface area contributed by atoms with Gasteiger partial charge >= 0.3 is 0 Å². The van der Waals surface area contributed by atoms with Crippen molar-refractivity contribution in [2.45, 2.75) is 39.8 Å². The standard InChI is InChI=1S/C15H24BrN3/c1-6-8-19(7-2)14-12(9-13(16)11-17-14)10-18-15(3,4)5/h6,9,11,18H,1,7-8,10H2,2-5H3. The van der Waals surface area contributed by atoms with Gasteiger partial charge in [0.2, 0.25) is 0 Å². The third kappa shape index (κ3) is 5.33. The van der Waals surface area contributed by atoms with Crippen LogP contribution in [0.2, 0.25) is 0 Å². The summed E-state index contributed by atoms with van der Waals surface area (Å²) in [6, 6.07) is 2.13. The largest absolute Gasteiger partial charge is 0.353 e. The lowest BCUT2D eigenvalue weighted by Crippen LogP contribution is -2.36. The van der Waals surface area contributed by atoms with Crippen LogP contribution in [-0.2, 0) is 6.54 Å². The van der Waals surface area contributed by atoms with Gasteiger partial charge in [0, 0.05) is 41.4 Å². The SMILES string of the molecule is C=CCN(CC)c1ncc(Br)cc1CNC(C)(C)C. The molecule has 3 nitrogen and oxygen atoms in total. The van der Waals surface area contributed by atoms with Crippen LogP contribution < -0.4 is 10.2 Å². The van der Waals surface area contributed by atoms with E-state index in [1.807, 2.05) is 12.3 Å². The lowest BCUT2D eigenvalue weighted by atomic mass is 10.1. The molecule has 0 spiro atoms. The number of rotatable bonds is 6. The van der Waals surface area contributed by atoms with E-state index in [2.05, 4.69) is 71.5 Å². The zero-order valence-electron chi connectivity index (χ0n) is 12.3. The number of aromatic nitrogens is 1. The Morgan fingerprint density at radius 2 is 2.16 bits per heavy atom. The lowest BCUT2D eigenvalue weighted by Gasteiger charge is -2.26. The quantitative estimate of drug-likeness (QED) is 0.807. The van der Waals surface area contributed by atoms with E-state index in [4.69, 9.17) is 0 Å². The van der Waals surface area contributed by atoms with Crippen molar-refractivity contribution in [2.75, 3.05) is 18.0 Å². The summed E-state index contributed by atoms with van der Waals surface area (Å²) in [5.41, 5.74) is 1.29. The fourth-order valence-corrected chi connectivity index (χ4v) is 2.15. The summed E-state index contributed by atoms with van der Waals surface area (Å²) in [4.78, 5) is 6.78. The van der Waals surface area contributed by atoms with Gasteiger partial charge < -0.3 is 10.2 Å². The van der Waals surface area contributed by atoms with Crippen LogP contribution in [0.3, 0.4) is 0 Å². The van der Waals surface area contributed by atoms with E-state index in [1.54, 1.807) is 0 Å². The fraction of sp³-hybridized carbons (Fsp3) is 0.533. The molecule has 0 saturated heterocycles. The Labute approximate surface area is 125 Å². The van der Waals surface area contributed by atoms with Gasteiger partial charge in [-0.2, -0.15) is 0 Å². The van der Waals surface area contributed by atoms with Crippen LogP contribution >= 0.6 is 15.9 Å². The second-order valence-electron chi connectivity index (χ2n) is 5.57. The van der Waals surface area contributed by atoms with Gasteiger partial charge in [-0.1, -0.05) is 6.08 Å². The van der Waals surface area contributed by atoms with Gasteiger partial charge in [0.25, 0.3) is 0 Å². The van der Waals surface area contributed by atoms with Crippen LogP contribution in [0.4, 0.5) is 5.82 Å². The highest BCUT2D eigenvalue weighted by Gasteiger charge is 2.14. The molecule has 1 aromatic heterocycles. The summed E-state index contributed by atoms with van der Waals surface area (Å²) in [5.74, 6) is 1.03. The van der Waals surface area contributed by atoms with Crippen LogP contribution in [0.1, 0.15) is 33.3 Å². The van der Waals surface area contributed by atoms with Crippen molar-refractivity contribution in [3.8, 4) is 0 Å². The molecule has 4 heteroatoms. The second kappa shape index (κ2) is 7.06. The van der Waals surface area contributed by atoms with Gasteiger partial charge in [-0.05, 0) is 49.7 Å². The number of anilines is 1. The molecule has 1 heterocycles. The van der Waals surface area contributed by atoms with Crippen LogP contribution in [0.25, 0.3) is 0 Å². The van der Waals surface area contributed by atoms with E-state index >= 15 is 0 Å². The minimum absolute atomic E-state index is 0.0923. The Morgan fingerprint density at radius 1 is 1.47 bits per heavy atom. The maximum absolute atomic E-state index is 4.56. The molecule has 0 aromatic carbocycles. The van der Waals surface area contributed by atoms with Crippen molar-refractivity contribution in [1.29, 1.82) is 0 Å². The molecule has 1 rings (SSSR count). The van der Waals surface area contributed by atoms with Crippen LogP contribution in [0.15, 0.2) is 29.4 Å². The summed E-state index contributed by atoms with van der Waals surface area (Å²) >= 11 is 3.50. The lowest BCUT2D eigenvalue weighted by molar-refractivity contribution is 0.424. The van der Waals surface area contributed by atoms with E-state index in [9.17, 15) is 0 Å². The molecular weight excluding hydrogens is 302 g/mol. The van der Waals surface area contributed by atoms with Gasteiger partial charge in [0.15, 0.2) is 0 Å². The number of pyridine rings is 1. The van der Waals surface area contributed by atoms with Gasteiger partial charge in [0.05, 0.1) is 0 Å². The number of hydrogen-bond donors (Lipinski definition) is 1. The second-order valence-corrected chi connectivity index (χ2v) is 6.48. The molecule has 0 aliphatic heterocycles. The average Bonchev–Trinajstić information content (AvgIpc) is 2.33. The molecule has 0 atom stereocenters. The monoisotopic (exact) mass is 325 g/mol. The molecule has 0 radical (unpaired) electrons. The van der Waals surface area contributed by atoms with Crippen molar-refractivity contribution in [3.05, 3.63) is 35.0 Å². The van der Waals surface area contributed by atoms with Gasteiger partial charge in [-0.25, -0.2) is 4.98 Å². The molecule has 0 unspecified atom stereocenters. The highest BCUT2D eigenvalue weighted by atomic mass is 79.9. The van der Waals surface area contributed by atoms with Crippen molar-refractivity contribution in [2.24, 2.45) is 0 Å². The summed E-state index contributed by atoms with van der Waals surface area (Å²) < 4.78 is 1.01. The first-order chi connectivity index (χ1) is 8.87. The molecule has 0 amide bonds. The third-order valence-corrected chi connectivity index (χ3v) is 3.18. The minimum atomic E-state index is 0.0923. The zero-order valence-corrected chi connectivity index (χ0v) is 13.9. The number of hydrogen-bond acceptors (Lipinski definition) is 3. The van der Waals surface area contributed by atoms with Crippen LogP contribution in [-0.4, -0.2) is 23.6 Å². The molecule has 19 heavy (non-hydrogen) atoms. The molecule has 0 aliphatic rings.